The molecule has 0 radical (unpaired) electrons. The quantitative estimate of drug-likeness (QED) is 0.645. The van der Waals surface area contributed by atoms with Gasteiger partial charge in [-0.1, -0.05) is 24.3 Å². The number of fused-ring (bicyclic) bond motifs is 1. The average Bonchev–Trinajstić information content (AvgIpc) is 2.74. The highest BCUT2D eigenvalue weighted by atomic mass is 19.4. The van der Waals surface area contributed by atoms with Gasteiger partial charge in [-0.25, -0.2) is 0 Å². The molecule has 0 spiro atoms. The van der Waals surface area contributed by atoms with Crippen LogP contribution in [0.25, 0.3) is 11.3 Å². The summed E-state index contributed by atoms with van der Waals surface area (Å²) in [6.07, 6.45) is -1.44. The first-order valence-corrected chi connectivity index (χ1v) is 9.55. The lowest BCUT2D eigenvalue weighted by atomic mass is 9.88. The minimum Gasteiger partial charge on any atom is -0.393 e. The van der Waals surface area contributed by atoms with Gasteiger partial charge in [-0.15, -0.1) is 0 Å². The number of hydrogen-bond acceptors (Lipinski definition) is 3. The normalized spacial score (nSPS) is 16.1. The van der Waals surface area contributed by atoms with Gasteiger partial charge >= 0.3 is 6.18 Å². The summed E-state index contributed by atoms with van der Waals surface area (Å²) < 4.78 is 38.1. The summed E-state index contributed by atoms with van der Waals surface area (Å²) in [7, 11) is 0. The molecule has 1 atom stereocenters. The lowest BCUT2D eigenvalue weighted by molar-refractivity contribution is -0.137. The molecule has 7 heteroatoms. The number of aromatic nitrogens is 1. The summed E-state index contributed by atoms with van der Waals surface area (Å²) >= 11 is 0. The molecule has 2 N–H and O–H groups in total. The number of amides is 1. The molecule has 0 saturated heterocycles. The number of rotatable bonds is 3. The first-order chi connectivity index (χ1) is 14.3. The molecular formula is C23H19F3N2O2. The van der Waals surface area contributed by atoms with Gasteiger partial charge < -0.3 is 10.4 Å². The highest BCUT2D eigenvalue weighted by Crippen LogP contribution is 2.31. The number of aliphatic hydroxyl groups is 1. The zero-order valence-electron chi connectivity index (χ0n) is 15.9. The Bertz CT molecular complexity index is 1060. The van der Waals surface area contributed by atoms with E-state index in [9.17, 15) is 23.1 Å². The van der Waals surface area contributed by atoms with Crippen molar-refractivity contribution in [1.82, 2.24) is 4.98 Å². The monoisotopic (exact) mass is 412 g/mol. The van der Waals surface area contributed by atoms with Crippen molar-refractivity contribution in [2.45, 2.75) is 31.5 Å². The minimum atomic E-state index is -4.39. The first kappa shape index (κ1) is 20.1. The highest BCUT2D eigenvalue weighted by Gasteiger charge is 2.30. The van der Waals surface area contributed by atoms with Crippen LogP contribution in [0.5, 0.6) is 0 Å². The van der Waals surface area contributed by atoms with E-state index in [-0.39, 0.29) is 5.91 Å². The van der Waals surface area contributed by atoms with Crippen molar-refractivity contribution in [3.8, 4) is 11.3 Å². The highest BCUT2D eigenvalue weighted by molar-refractivity contribution is 6.04. The summed E-state index contributed by atoms with van der Waals surface area (Å²) in [4.78, 5) is 16.9. The molecule has 0 aliphatic heterocycles. The number of carbonyl (C=O) groups is 1. The SMILES string of the molecule is O=C(Nc1cccc2c1C[C@H](O)CC2)c1ccc(-c2ccc(C(F)(F)F)cc2)nc1. The molecule has 0 bridgehead atoms. The van der Waals surface area contributed by atoms with Crippen molar-refractivity contribution < 1.29 is 23.1 Å². The number of carbonyl (C=O) groups excluding carboxylic acids is 1. The third-order valence-corrected chi connectivity index (χ3v) is 5.24. The Balaban J connectivity index is 1.50. The fourth-order valence-corrected chi connectivity index (χ4v) is 3.61. The Morgan fingerprint density at radius 2 is 1.83 bits per heavy atom. The maximum absolute atomic E-state index is 12.7. The summed E-state index contributed by atoms with van der Waals surface area (Å²) in [6, 6.07) is 13.6. The molecular weight excluding hydrogens is 393 g/mol. The van der Waals surface area contributed by atoms with Crippen LogP contribution in [0.15, 0.2) is 60.8 Å². The molecule has 0 saturated carbocycles. The summed E-state index contributed by atoms with van der Waals surface area (Å²) in [5, 5.41) is 12.8. The molecule has 3 aromatic rings. The number of anilines is 1. The van der Waals surface area contributed by atoms with Crippen molar-refractivity contribution >= 4 is 11.6 Å². The van der Waals surface area contributed by atoms with Crippen molar-refractivity contribution in [1.29, 1.82) is 0 Å². The number of pyridine rings is 1. The molecule has 1 aromatic heterocycles. The van der Waals surface area contributed by atoms with Crippen molar-refractivity contribution in [2.75, 3.05) is 5.32 Å². The Hall–Kier alpha value is -3.19. The van der Waals surface area contributed by atoms with E-state index in [0.29, 0.717) is 35.3 Å². The van der Waals surface area contributed by atoms with Crippen LogP contribution in [0.3, 0.4) is 0 Å². The molecule has 0 unspecified atom stereocenters. The molecule has 4 nitrogen and oxygen atoms in total. The van der Waals surface area contributed by atoms with Crippen LogP contribution in [0.1, 0.15) is 33.5 Å². The topological polar surface area (TPSA) is 62.2 Å². The Morgan fingerprint density at radius 1 is 1.07 bits per heavy atom. The molecule has 1 aliphatic carbocycles. The molecule has 4 rings (SSSR count). The predicted molar refractivity (Wildman–Crippen MR) is 107 cm³/mol. The van der Waals surface area contributed by atoms with E-state index in [1.807, 2.05) is 12.1 Å². The Morgan fingerprint density at radius 3 is 2.50 bits per heavy atom. The molecule has 1 heterocycles. The number of aryl methyl sites for hydroxylation is 1. The fourth-order valence-electron chi connectivity index (χ4n) is 3.61. The number of alkyl halides is 3. The lowest BCUT2D eigenvalue weighted by Gasteiger charge is -2.23. The number of nitrogens with one attached hydrogen (secondary N) is 1. The molecule has 30 heavy (non-hydrogen) atoms. The van der Waals surface area contributed by atoms with E-state index in [0.717, 1.165) is 29.7 Å². The average molecular weight is 412 g/mol. The minimum absolute atomic E-state index is 0.333. The summed E-state index contributed by atoms with van der Waals surface area (Å²) in [6.45, 7) is 0. The molecule has 2 aromatic carbocycles. The lowest BCUT2D eigenvalue weighted by Crippen LogP contribution is -2.21. The Labute approximate surface area is 171 Å². The van der Waals surface area contributed by atoms with Crippen LogP contribution in [0.4, 0.5) is 18.9 Å². The van der Waals surface area contributed by atoms with Gasteiger partial charge in [0, 0.05) is 23.9 Å². The maximum atomic E-state index is 12.7. The first-order valence-electron chi connectivity index (χ1n) is 9.55. The van der Waals surface area contributed by atoms with Crippen LogP contribution in [0, 0.1) is 0 Å². The molecule has 1 aliphatic rings. The smallest absolute Gasteiger partial charge is 0.393 e. The molecule has 1 amide bonds. The van der Waals surface area contributed by atoms with Gasteiger partial charge in [0.1, 0.15) is 0 Å². The van der Waals surface area contributed by atoms with Crippen molar-refractivity contribution in [3.63, 3.8) is 0 Å². The van der Waals surface area contributed by atoms with Gasteiger partial charge in [-0.05, 0) is 54.3 Å². The second kappa shape index (κ2) is 7.91. The number of hydrogen-bond donors (Lipinski definition) is 2. The van der Waals surface area contributed by atoms with E-state index in [2.05, 4.69) is 10.3 Å². The van der Waals surface area contributed by atoms with E-state index < -0.39 is 17.8 Å². The van der Waals surface area contributed by atoms with Gasteiger partial charge in [-0.3, -0.25) is 9.78 Å². The maximum Gasteiger partial charge on any atom is 0.416 e. The largest absolute Gasteiger partial charge is 0.416 e. The third kappa shape index (κ3) is 4.21. The second-order valence-electron chi connectivity index (χ2n) is 7.30. The number of halogens is 3. The zero-order valence-corrected chi connectivity index (χ0v) is 15.9. The number of aliphatic hydroxyl groups excluding tert-OH is 1. The van der Waals surface area contributed by atoms with Crippen LogP contribution < -0.4 is 5.32 Å². The van der Waals surface area contributed by atoms with Gasteiger partial charge in [0.25, 0.3) is 5.91 Å². The Kier molecular flexibility index (Phi) is 5.30. The van der Waals surface area contributed by atoms with Crippen LogP contribution >= 0.6 is 0 Å². The van der Waals surface area contributed by atoms with Gasteiger partial charge in [0.15, 0.2) is 0 Å². The third-order valence-electron chi connectivity index (χ3n) is 5.24. The van der Waals surface area contributed by atoms with Crippen LogP contribution in [0.2, 0.25) is 0 Å². The van der Waals surface area contributed by atoms with E-state index in [1.54, 1.807) is 18.2 Å². The molecule has 0 fully saturated rings. The van der Waals surface area contributed by atoms with Crippen LogP contribution in [-0.4, -0.2) is 22.1 Å². The molecule has 154 valence electrons. The second-order valence-corrected chi connectivity index (χ2v) is 7.30. The van der Waals surface area contributed by atoms with E-state index >= 15 is 0 Å². The summed E-state index contributed by atoms with van der Waals surface area (Å²) in [5.74, 6) is -0.338. The standard InChI is InChI=1S/C23H19F3N2O2/c24-23(25,26)17-8-4-15(5-9-17)20-11-7-16(13-27-20)22(30)28-21-3-1-2-14-6-10-18(29)12-19(14)21/h1-5,7-9,11,13,18,29H,6,10,12H2,(H,28,30)/t18-/m1/s1. The van der Waals surface area contributed by atoms with Gasteiger partial charge in [-0.2, -0.15) is 13.2 Å². The van der Waals surface area contributed by atoms with Crippen molar-refractivity contribution in [2.24, 2.45) is 0 Å². The number of nitrogens with zero attached hydrogens (tertiary/aromatic N) is 1. The van der Waals surface area contributed by atoms with Crippen LogP contribution in [-0.2, 0) is 19.0 Å². The predicted octanol–water partition coefficient (Wildman–Crippen LogP) is 4.87. The summed E-state index contributed by atoms with van der Waals surface area (Å²) in [5.41, 5.74) is 3.34. The van der Waals surface area contributed by atoms with Gasteiger partial charge in [0.2, 0.25) is 0 Å². The van der Waals surface area contributed by atoms with Gasteiger partial charge in [0.05, 0.1) is 22.9 Å². The van der Waals surface area contributed by atoms with E-state index in [4.69, 9.17) is 0 Å². The fraction of sp³-hybridized carbons (Fsp3) is 0.217. The van der Waals surface area contributed by atoms with Crippen molar-refractivity contribution in [3.05, 3.63) is 83.0 Å². The zero-order chi connectivity index (χ0) is 21.3. The van der Waals surface area contributed by atoms with E-state index in [1.165, 1.54) is 18.3 Å². The number of benzene rings is 2.